The summed E-state index contributed by atoms with van der Waals surface area (Å²) in [6.45, 7) is 0. The Labute approximate surface area is 98.7 Å². The zero-order valence-corrected chi connectivity index (χ0v) is 7.70. The summed E-state index contributed by atoms with van der Waals surface area (Å²) in [5, 5.41) is 0. The summed E-state index contributed by atoms with van der Waals surface area (Å²) in [7, 11) is 0. The van der Waals surface area contributed by atoms with Crippen molar-refractivity contribution in [3.8, 4) is 0 Å². The summed E-state index contributed by atoms with van der Waals surface area (Å²) < 4.78 is 0. The van der Waals surface area contributed by atoms with Crippen molar-refractivity contribution in [2.24, 2.45) is 0 Å². The van der Waals surface area contributed by atoms with Crippen LogP contribution in [0.2, 0.25) is 0 Å². The Kier molecular flexibility index (Phi) is 461. The van der Waals surface area contributed by atoms with Gasteiger partial charge in [0.25, 0.3) is 0 Å². The van der Waals surface area contributed by atoms with E-state index in [0.717, 1.165) is 0 Å². The van der Waals surface area contributed by atoms with Gasteiger partial charge in [-0.3, -0.25) is 0 Å². The zero-order valence-electron chi connectivity index (χ0n) is 1.87. The van der Waals surface area contributed by atoms with Gasteiger partial charge in [-0.2, -0.15) is 0 Å². The zero-order chi connectivity index (χ0) is 0. The van der Waals surface area contributed by atoms with Crippen LogP contribution in [0.5, 0.6) is 0 Å². The molecule has 0 aromatic rings. The van der Waals surface area contributed by atoms with E-state index in [9.17, 15) is 0 Å². The molecule has 0 saturated carbocycles. The third-order valence-corrected chi connectivity index (χ3v) is 0. The minimum Gasteiger partial charge on any atom is 0 e. The first-order valence-electron chi connectivity index (χ1n) is 0. The molecule has 0 amide bonds. The Morgan fingerprint density at radius 1 is 0.333 bits per heavy atom. The molecular formula is Cu2Ni4. The molecule has 0 N–H and O–H groups in total. The molecule has 0 fully saturated rings. The predicted octanol–water partition coefficient (Wildman–Crippen LogP) is -0.0150. The Hall–Kier alpha value is 3.01. The second-order valence-corrected chi connectivity index (χ2v) is 0. The first kappa shape index (κ1) is 63.7. The first-order valence-corrected chi connectivity index (χ1v) is 0. The first-order chi connectivity index (χ1) is 0. The van der Waals surface area contributed by atoms with Crippen LogP contribution < -0.4 is 0 Å². The standard InChI is InChI=1S/2Cu.4Ni. The summed E-state index contributed by atoms with van der Waals surface area (Å²) in [4.78, 5) is 0. The Morgan fingerprint density at radius 3 is 0.333 bits per heavy atom. The van der Waals surface area contributed by atoms with Crippen LogP contribution in [0, 0.1) is 0 Å². The van der Waals surface area contributed by atoms with Gasteiger partial charge in [0, 0.05) is 100 Å². The molecule has 0 bridgehead atoms. The average molecular weight is 362 g/mol. The second-order valence-electron chi connectivity index (χ2n) is 0. The molecule has 0 aliphatic heterocycles. The van der Waals surface area contributed by atoms with Crippen molar-refractivity contribution in [2.75, 3.05) is 0 Å². The molecule has 2 radical (unpaired) electrons. The van der Waals surface area contributed by atoms with Crippen molar-refractivity contribution in [1.29, 1.82) is 0 Å². The van der Waals surface area contributed by atoms with Crippen molar-refractivity contribution < 1.29 is 100 Å². The van der Waals surface area contributed by atoms with E-state index in [2.05, 4.69) is 0 Å². The normalized spacial score (nSPS) is 0. The van der Waals surface area contributed by atoms with Gasteiger partial charge in [-0.25, -0.2) is 0 Å². The molecule has 0 nitrogen and oxygen atoms in total. The fraction of sp³-hybridized carbons (Fsp3) is 0. The van der Waals surface area contributed by atoms with Crippen LogP contribution in [0.25, 0.3) is 0 Å². The van der Waals surface area contributed by atoms with E-state index in [1.807, 2.05) is 0 Å². The number of hydrogen-bond acceptors (Lipinski definition) is 0. The minimum absolute atomic E-state index is 0. The molecule has 0 heterocycles. The molecule has 6 heavy (non-hydrogen) atoms. The van der Waals surface area contributed by atoms with E-state index in [0.29, 0.717) is 0 Å². The largest absolute Gasteiger partial charge is 0 e. The third-order valence-electron chi connectivity index (χ3n) is 0. The molecule has 0 atom stereocenters. The maximum absolute atomic E-state index is 0. The maximum Gasteiger partial charge on any atom is 0 e. The van der Waals surface area contributed by atoms with Crippen LogP contribution in [0.3, 0.4) is 0 Å². The van der Waals surface area contributed by atoms with Gasteiger partial charge in [0.15, 0.2) is 0 Å². The van der Waals surface area contributed by atoms with Gasteiger partial charge < -0.3 is 0 Å². The fourth-order valence-electron chi connectivity index (χ4n) is 0. The van der Waals surface area contributed by atoms with Crippen LogP contribution in [0.1, 0.15) is 0 Å². The summed E-state index contributed by atoms with van der Waals surface area (Å²) in [6, 6.07) is 0. The summed E-state index contributed by atoms with van der Waals surface area (Å²) in [5.74, 6) is 0. The molecule has 0 spiro atoms. The van der Waals surface area contributed by atoms with Gasteiger partial charge in [-0.05, 0) is 0 Å². The Morgan fingerprint density at radius 2 is 0.333 bits per heavy atom. The molecule has 0 aliphatic rings. The third kappa shape index (κ3) is 27.9. The molecule has 0 unspecified atom stereocenters. The van der Waals surface area contributed by atoms with Crippen molar-refractivity contribution in [3.63, 3.8) is 0 Å². The molecule has 0 rings (SSSR count). The van der Waals surface area contributed by atoms with Crippen LogP contribution in [0.4, 0.5) is 0 Å². The smallest absolute Gasteiger partial charge is 0 e. The maximum atomic E-state index is 0. The van der Waals surface area contributed by atoms with Crippen LogP contribution in [0.15, 0.2) is 0 Å². The quantitative estimate of drug-likeness (QED) is 0.532. The molecule has 0 aliphatic carbocycles. The molecular weight excluding hydrogens is 362 g/mol. The summed E-state index contributed by atoms with van der Waals surface area (Å²) in [5.41, 5.74) is 0. The van der Waals surface area contributed by atoms with Crippen LogP contribution in [-0.4, -0.2) is 0 Å². The van der Waals surface area contributed by atoms with E-state index in [1.54, 1.807) is 0 Å². The SMILES string of the molecule is [Cu].[Cu].[Ni].[Ni].[Ni].[Ni]. The van der Waals surface area contributed by atoms with Gasteiger partial charge in [-0.15, -0.1) is 0 Å². The fourth-order valence-corrected chi connectivity index (χ4v) is 0. The van der Waals surface area contributed by atoms with E-state index in [1.165, 1.54) is 0 Å². The van der Waals surface area contributed by atoms with Crippen LogP contribution >= 0.6 is 0 Å². The van der Waals surface area contributed by atoms with Crippen molar-refractivity contribution in [1.82, 2.24) is 0 Å². The second kappa shape index (κ2) is 43.4. The Balaban J connectivity index is 0. The monoisotopic (exact) mass is 358 g/mol. The van der Waals surface area contributed by atoms with Gasteiger partial charge >= 0.3 is 0 Å². The predicted molar refractivity (Wildman–Crippen MR) is 0 cm³/mol. The van der Waals surface area contributed by atoms with Gasteiger partial charge in [0.2, 0.25) is 0 Å². The van der Waals surface area contributed by atoms with Crippen LogP contribution in [-0.2, 0) is 100 Å². The molecule has 0 aromatic heterocycles. The summed E-state index contributed by atoms with van der Waals surface area (Å²) >= 11 is 0. The minimum atomic E-state index is 0. The topological polar surface area (TPSA) is 0 Å². The van der Waals surface area contributed by atoms with E-state index in [-0.39, 0.29) is 100 Å². The van der Waals surface area contributed by atoms with Gasteiger partial charge in [0.05, 0.1) is 0 Å². The van der Waals surface area contributed by atoms with Gasteiger partial charge in [0.1, 0.15) is 0 Å². The molecule has 0 aromatic carbocycles. The molecule has 0 saturated heterocycles. The molecule has 6 heteroatoms. The van der Waals surface area contributed by atoms with Crippen molar-refractivity contribution in [2.45, 2.75) is 0 Å². The summed E-state index contributed by atoms with van der Waals surface area (Å²) in [6.07, 6.45) is 0. The molecule has 62 valence electrons. The van der Waals surface area contributed by atoms with Crippen molar-refractivity contribution >= 4 is 0 Å². The van der Waals surface area contributed by atoms with E-state index in [4.69, 9.17) is 0 Å². The van der Waals surface area contributed by atoms with E-state index >= 15 is 0 Å². The number of hydrogen-bond donors (Lipinski definition) is 0. The Bertz CT molecular complexity index is 5.51. The average Bonchev–Trinajstić information content (AvgIpc) is 0. The number of rotatable bonds is 0. The van der Waals surface area contributed by atoms with Gasteiger partial charge in [-0.1, -0.05) is 0 Å². The van der Waals surface area contributed by atoms with E-state index < -0.39 is 0 Å². The van der Waals surface area contributed by atoms with Crippen molar-refractivity contribution in [3.05, 3.63) is 0 Å².